The molecule has 1 heterocycles. The maximum Gasteiger partial charge on any atom is 0.325 e. The zero-order valence-electron chi connectivity index (χ0n) is 13.3. The van der Waals surface area contributed by atoms with E-state index >= 15 is 0 Å². The average Bonchev–Trinajstić information content (AvgIpc) is 2.56. The van der Waals surface area contributed by atoms with Crippen LogP contribution in [-0.4, -0.2) is 37.9 Å². The zero-order chi connectivity index (χ0) is 17.2. The van der Waals surface area contributed by atoms with E-state index < -0.39 is 22.0 Å². The first-order chi connectivity index (χ1) is 11.6. The smallest absolute Gasteiger partial charge is 0.325 e. The number of hydrogen-bond acceptors (Lipinski definition) is 4. The fourth-order valence-corrected chi connectivity index (χ4v) is 4.60. The van der Waals surface area contributed by atoms with Gasteiger partial charge >= 0.3 is 5.97 Å². The number of hydrogen-bond donors (Lipinski definition) is 0. The summed E-state index contributed by atoms with van der Waals surface area (Å²) in [4.78, 5) is 12.6. The number of benzene rings is 2. The molecular weight excluding hydrogens is 326 g/mol. The molecule has 0 radical (unpaired) electrons. The van der Waals surface area contributed by atoms with E-state index in [9.17, 15) is 13.2 Å². The molecule has 24 heavy (non-hydrogen) atoms. The highest BCUT2D eigenvalue weighted by atomic mass is 32.2. The molecule has 0 bridgehead atoms. The largest absolute Gasteiger partial charge is 0.465 e. The standard InChI is InChI=1S/C18H19NO4S/c1-2-23-18(20)17-16(14-9-5-3-6-10-14)13-19(17)24(21,22)15-11-7-4-8-12-15/h3-12,16-17H,2,13H2,1H3/t16-,17+/m0/s1. The van der Waals surface area contributed by atoms with Crippen molar-refractivity contribution in [1.82, 2.24) is 4.31 Å². The summed E-state index contributed by atoms with van der Waals surface area (Å²) < 4.78 is 32.0. The molecule has 2 aromatic rings. The molecule has 0 amide bonds. The van der Waals surface area contributed by atoms with Crippen molar-refractivity contribution < 1.29 is 17.9 Å². The van der Waals surface area contributed by atoms with E-state index in [0.29, 0.717) is 0 Å². The Morgan fingerprint density at radius 3 is 2.25 bits per heavy atom. The Balaban J connectivity index is 1.93. The Morgan fingerprint density at radius 1 is 1.08 bits per heavy atom. The number of nitrogens with zero attached hydrogens (tertiary/aromatic N) is 1. The first-order valence-electron chi connectivity index (χ1n) is 7.84. The van der Waals surface area contributed by atoms with Crippen LogP contribution in [0.25, 0.3) is 0 Å². The van der Waals surface area contributed by atoms with E-state index in [-0.39, 0.29) is 24.0 Å². The van der Waals surface area contributed by atoms with Gasteiger partial charge in [0.1, 0.15) is 6.04 Å². The van der Waals surface area contributed by atoms with Gasteiger partial charge in [0.25, 0.3) is 0 Å². The van der Waals surface area contributed by atoms with E-state index in [1.165, 1.54) is 16.4 Å². The van der Waals surface area contributed by atoms with Gasteiger partial charge in [-0.15, -0.1) is 0 Å². The van der Waals surface area contributed by atoms with Gasteiger partial charge in [0, 0.05) is 12.5 Å². The maximum atomic E-state index is 12.8. The van der Waals surface area contributed by atoms with Gasteiger partial charge in [0.05, 0.1) is 11.5 Å². The van der Waals surface area contributed by atoms with E-state index in [4.69, 9.17) is 4.74 Å². The molecule has 2 aromatic carbocycles. The molecule has 0 spiro atoms. The molecular formula is C18H19NO4S. The molecule has 0 unspecified atom stereocenters. The highest BCUT2D eigenvalue weighted by Gasteiger charge is 2.51. The van der Waals surface area contributed by atoms with Crippen molar-refractivity contribution >= 4 is 16.0 Å². The van der Waals surface area contributed by atoms with Gasteiger partial charge in [-0.2, -0.15) is 4.31 Å². The second-order valence-corrected chi connectivity index (χ2v) is 7.49. The third kappa shape index (κ3) is 2.95. The zero-order valence-corrected chi connectivity index (χ0v) is 14.1. The normalized spacial score (nSPS) is 21.0. The number of carbonyl (C=O) groups is 1. The number of sulfonamides is 1. The molecule has 1 saturated heterocycles. The summed E-state index contributed by atoms with van der Waals surface area (Å²) in [6.07, 6.45) is 0. The molecule has 2 atom stereocenters. The van der Waals surface area contributed by atoms with Crippen LogP contribution in [-0.2, 0) is 19.6 Å². The van der Waals surface area contributed by atoms with Gasteiger partial charge < -0.3 is 4.74 Å². The van der Waals surface area contributed by atoms with Gasteiger partial charge in [-0.3, -0.25) is 4.79 Å². The first kappa shape index (κ1) is 16.7. The van der Waals surface area contributed by atoms with Crippen LogP contribution in [0.1, 0.15) is 18.4 Å². The minimum Gasteiger partial charge on any atom is -0.465 e. The SMILES string of the molecule is CCOC(=O)[C@H]1[C@H](c2ccccc2)CN1S(=O)(=O)c1ccccc1. The van der Waals surface area contributed by atoms with Crippen molar-refractivity contribution in [3.05, 3.63) is 66.2 Å². The Hall–Kier alpha value is -2.18. The summed E-state index contributed by atoms with van der Waals surface area (Å²) >= 11 is 0. The minimum atomic E-state index is -3.72. The Morgan fingerprint density at radius 2 is 1.67 bits per heavy atom. The molecule has 6 heteroatoms. The second kappa shape index (κ2) is 6.75. The van der Waals surface area contributed by atoms with Crippen LogP contribution in [0.4, 0.5) is 0 Å². The number of ether oxygens (including phenoxy) is 1. The summed E-state index contributed by atoms with van der Waals surface area (Å²) in [6, 6.07) is 16.8. The summed E-state index contributed by atoms with van der Waals surface area (Å²) in [7, 11) is -3.72. The van der Waals surface area contributed by atoms with Crippen molar-refractivity contribution in [1.29, 1.82) is 0 Å². The van der Waals surface area contributed by atoms with Crippen LogP contribution in [0.3, 0.4) is 0 Å². The van der Waals surface area contributed by atoms with Gasteiger partial charge in [-0.05, 0) is 24.6 Å². The van der Waals surface area contributed by atoms with Crippen LogP contribution in [0.5, 0.6) is 0 Å². The predicted octanol–water partition coefficient (Wildman–Crippen LogP) is 2.41. The average molecular weight is 345 g/mol. The minimum absolute atomic E-state index is 0.186. The summed E-state index contributed by atoms with van der Waals surface area (Å²) in [5.41, 5.74) is 0.940. The van der Waals surface area contributed by atoms with Crippen LogP contribution >= 0.6 is 0 Å². The van der Waals surface area contributed by atoms with E-state index in [1.807, 2.05) is 30.3 Å². The van der Waals surface area contributed by atoms with E-state index in [2.05, 4.69) is 0 Å². The van der Waals surface area contributed by atoms with Crippen molar-refractivity contribution in [3.63, 3.8) is 0 Å². The monoisotopic (exact) mass is 345 g/mol. The molecule has 0 aliphatic carbocycles. The number of rotatable bonds is 5. The third-order valence-electron chi connectivity index (χ3n) is 4.17. The van der Waals surface area contributed by atoms with E-state index in [0.717, 1.165) is 5.56 Å². The van der Waals surface area contributed by atoms with Crippen molar-refractivity contribution in [2.45, 2.75) is 23.8 Å². The van der Waals surface area contributed by atoms with Crippen molar-refractivity contribution in [2.24, 2.45) is 0 Å². The highest BCUT2D eigenvalue weighted by Crippen LogP contribution is 2.39. The number of carbonyl (C=O) groups excluding carboxylic acids is 1. The summed E-state index contributed by atoms with van der Waals surface area (Å²) in [5, 5.41) is 0. The molecule has 0 N–H and O–H groups in total. The van der Waals surface area contributed by atoms with Gasteiger partial charge in [0.15, 0.2) is 0 Å². The molecule has 0 aromatic heterocycles. The lowest BCUT2D eigenvalue weighted by atomic mass is 9.85. The lowest BCUT2D eigenvalue weighted by Crippen LogP contribution is -2.61. The van der Waals surface area contributed by atoms with Gasteiger partial charge in [-0.1, -0.05) is 48.5 Å². The van der Waals surface area contributed by atoms with Crippen LogP contribution in [0, 0.1) is 0 Å². The fraction of sp³-hybridized carbons (Fsp3) is 0.278. The molecule has 3 rings (SSSR count). The van der Waals surface area contributed by atoms with Crippen molar-refractivity contribution in [3.8, 4) is 0 Å². The lowest BCUT2D eigenvalue weighted by Gasteiger charge is -2.45. The molecule has 1 fully saturated rings. The summed E-state index contributed by atoms with van der Waals surface area (Å²) in [6.45, 7) is 2.20. The van der Waals surface area contributed by atoms with Crippen LogP contribution in [0.15, 0.2) is 65.6 Å². The van der Waals surface area contributed by atoms with E-state index in [1.54, 1.807) is 25.1 Å². The molecule has 0 saturated carbocycles. The van der Waals surface area contributed by atoms with Gasteiger partial charge in [-0.25, -0.2) is 8.42 Å². The Labute approximate surface area is 141 Å². The molecule has 126 valence electrons. The quantitative estimate of drug-likeness (QED) is 0.781. The van der Waals surface area contributed by atoms with Crippen LogP contribution in [0.2, 0.25) is 0 Å². The van der Waals surface area contributed by atoms with Crippen molar-refractivity contribution in [2.75, 3.05) is 13.2 Å². The number of esters is 1. The second-order valence-electron chi connectivity index (χ2n) is 5.60. The Bertz CT molecular complexity index is 805. The molecule has 1 aliphatic rings. The third-order valence-corrected chi connectivity index (χ3v) is 6.04. The topological polar surface area (TPSA) is 63.7 Å². The van der Waals surface area contributed by atoms with Crippen LogP contribution < -0.4 is 0 Å². The fourth-order valence-electron chi connectivity index (χ4n) is 2.94. The maximum absolute atomic E-state index is 12.8. The highest BCUT2D eigenvalue weighted by molar-refractivity contribution is 7.89. The first-order valence-corrected chi connectivity index (χ1v) is 9.28. The summed E-state index contributed by atoms with van der Waals surface area (Å²) in [5.74, 6) is -0.694. The predicted molar refractivity (Wildman–Crippen MR) is 89.9 cm³/mol. The molecule has 1 aliphatic heterocycles. The molecule has 5 nitrogen and oxygen atoms in total. The van der Waals surface area contributed by atoms with Gasteiger partial charge in [0.2, 0.25) is 10.0 Å². The Kier molecular flexibility index (Phi) is 4.69. The lowest BCUT2D eigenvalue weighted by molar-refractivity contribution is -0.152.